The molecule has 1 aromatic rings. The Labute approximate surface area is 132 Å². The number of amides is 2. The molecule has 0 aliphatic heterocycles. The molecule has 0 fully saturated rings. The van der Waals surface area contributed by atoms with E-state index in [0.29, 0.717) is 6.07 Å². The molecule has 0 aliphatic carbocycles. The maximum Gasteiger partial charge on any atom is 0.308 e. The van der Waals surface area contributed by atoms with E-state index in [1.165, 1.54) is 6.92 Å². The molecule has 0 aliphatic rings. The third-order valence-corrected chi connectivity index (χ3v) is 3.10. The lowest BCUT2D eigenvalue weighted by Gasteiger charge is -2.19. The van der Waals surface area contributed by atoms with Gasteiger partial charge in [0.15, 0.2) is 0 Å². The van der Waals surface area contributed by atoms with Gasteiger partial charge in [0.25, 0.3) is 5.91 Å². The highest BCUT2D eigenvalue weighted by Crippen LogP contribution is 2.12. The molecule has 0 aromatic heterocycles. The van der Waals surface area contributed by atoms with E-state index in [1.54, 1.807) is 6.92 Å². The van der Waals surface area contributed by atoms with E-state index in [0.717, 1.165) is 12.1 Å². The fraction of sp³-hybridized carbons (Fsp3) is 0.400. The first-order valence-corrected chi connectivity index (χ1v) is 6.98. The van der Waals surface area contributed by atoms with Gasteiger partial charge in [-0.3, -0.25) is 14.4 Å². The van der Waals surface area contributed by atoms with Crippen molar-refractivity contribution in [3.63, 3.8) is 0 Å². The van der Waals surface area contributed by atoms with Gasteiger partial charge in [-0.1, -0.05) is 6.92 Å². The number of rotatable bonds is 7. The van der Waals surface area contributed by atoms with Crippen LogP contribution in [0.25, 0.3) is 0 Å². The summed E-state index contributed by atoms with van der Waals surface area (Å²) in [6.45, 7) is 3.32. The Hall–Kier alpha value is -2.51. The number of carbonyl (C=O) groups excluding carboxylic acids is 3. The zero-order valence-electron chi connectivity index (χ0n) is 12.8. The second-order valence-corrected chi connectivity index (χ2v) is 4.94. The number of primary amides is 1. The molecule has 0 spiro atoms. The van der Waals surface area contributed by atoms with Crippen molar-refractivity contribution in [3.05, 3.63) is 35.4 Å². The van der Waals surface area contributed by atoms with Gasteiger partial charge in [-0.15, -0.1) is 0 Å². The monoisotopic (exact) mass is 328 g/mol. The molecule has 0 saturated carbocycles. The zero-order chi connectivity index (χ0) is 17.6. The quantitative estimate of drug-likeness (QED) is 0.733. The van der Waals surface area contributed by atoms with Crippen molar-refractivity contribution in [1.29, 1.82) is 0 Å². The predicted octanol–water partition coefficient (Wildman–Crippen LogP) is 1.14. The van der Waals surface area contributed by atoms with Crippen LogP contribution in [-0.2, 0) is 14.3 Å². The van der Waals surface area contributed by atoms with Crippen LogP contribution in [0.4, 0.5) is 8.78 Å². The van der Waals surface area contributed by atoms with Gasteiger partial charge < -0.3 is 15.8 Å². The summed E-state index contributed by atoms with van der Waals surface area (Å²) in [5, 5.41) is 2.24. The lowest BCUT2D eigenvalue weighted by Crippen LogP contribution is -2.46. The van der Waals surface area contributed by atoms with Crippen LogP contribution in [0, 0.1) is 17.6 Å². The van der Waals surface area contributed by atoms with Crippen LogP contribution in [-0.4, -0.2) is 30.4 Å². The molecule has 8 heteroatoms. The molecule has 0 bridgehead atoms. The highest BCUT2D eigenvalue weighted by Gasteiger charge is 2.26. The lowest BCUT2D eigenvalue weighted by molar-refractivity contribution is -0.147. The Morgan fingerprint density at radius 1 is 1.30 bits per heavy atom. The number of carbonyl (C=O) groups is 3. The van der Waals surface area contributed by atoms with Gasteiger partial charge in [-0.2, -0.15) is 0 Å². The topological polar surface area (TPSA) is 98.5 Å². The van der Waals surface area contributed by atoms with Crippen molar-refractivity contribution >= 4 is 17.8 Å². The molecule has 0 saturated heterocycles. The van der Waals surface area contributed by atoms with Crippen LogP contribution >= 0.6 is 0 Å². The fourth-order valence-electron chi connectivity index (χ4n) is 1.89. The Balaban J connectivity index is 2.81. The van der Waals surface area contributed by atoms with Crippen molar-refractivity contribution in [1.82, 2.24) is 5.32 Å². The summed E-state index contributed by atoms with van der Waals surface area (Å²) in [6, 6.07) is 1.23. The molecule has 3 N–H and O–H groups in total. The lowest BCUT2D eigenvalue weighted by atomic mass is 10.0. The molecule has 0 unspecified atom stereocenters. The SMILES string of the molecule is CCOC(=O)[C@H](C)C[C@@H](NC(=O)c1ccc(F)cc1F)C(N)=O. The average molecular weight is 328 g/mol. The van der Waals surface area contributed by atoms with E-state index in [9.17, 15) is 23.2 Å². The summed E-state index contributed by atoms with van der Waals surface area (Å²) in [5.41, 5.74) is 4.76. The molecular weight excluding hydrogens is 310 g/mol. The number of nitrogens with one attached hydrogen (secondary N) is 1. The summed E-state index contributed by atoms with van der Waals surface area (Å²) in [7, 11) is 0. The highest BCUT2D eigenvalue weighted by molar-refractivity contribution is 5.97. The van der Waals surface area contributed by atoms with Gasteiger partial charge in [0, 0.05) is 6.07 Å². The average Bonchev–Trinajstić information content (AvgIpc) is 2.46. The van der Waals surface area contributed by atoms with E-state index in [2.05, 4.69) is 5.32 Å². The minimum atomic E-state index is -1.19. The Bertz CT molecular complexity index is 607. The highest BCUT2D eigenvalue weighted by atomic mass is 19.1. The maximum absolute atomic E-state index is 13.6. The van der Waals surface area contributed by atoms with Crippen LogP contribution in [0.1, 0.15) is 30.6 Å². The third kappa shape index (κ3) is 5.32. The molecule has 1 rings (SSSR count). The molecule has 126 valence electrons. The Morgan fingerprint density at radius 2 is 1.96 bits per heavy atom. The largest absolute Gasteiger partial charge is 0.466 e. The fourth-order valence-corrected chi connectivity index (χ4v) is 1.89. The summed E-state index contributed by atoms with van der Waals surface area (Å²) in [4.78, 5) is 35.0. The van der Waals surface area contributed by atoms with Crippen LogP contribution in [0.5, 0.6) is 0 Å². The Morgan fingerprint density at radius 3 is 2.48 bits per heavy atom. The minimum Gasteiger partial charge on any atom is -0.466 e. The number of esters is 1. The molecule has 1 aromatic carbocycles. The minimum absolute atomic E-state index is 0.0945. The van der Waals surface area contributed by atoms with Crippen molar-refractivity contribution in [2.75, 3.05) is 6.61 Å². The molecule has 6 nitrogen and oxygen atoms in total. The molecule has 23 heavy (non-hydrogen) atoms. The zero-order valence-corrected chi connectivity index (χ0v) is 12.8. The second kappa shape index (κ2) is 8.21. The summed E-state index contributed by atoms with van der Waals surface area (Å²) >= 11 is 0. The molecule has 2 atom stereocenters. The first-order valence-electron chi connectivity index (χ1n) is 6.98. The third-order valence-electron chi connectivity index (χ3n) is 3.10. The van der Waals surface area contributed by atoms with Crippen LogP contribution in [0.3, 0.4) is 0 Å². The first-order chi connectivity index (χ1) is 10.8. The van der Waals surface area contributed by atoms with Crippen molar-refractivity contribution in [2.24, 2.45) is 11.7 Å². The van der Waals surface area contributed by atoms with Gasteiger partial charge in [-0.25, -0.2) is 8.78 Å². The molecular formula is C15H18F2N2O4. The number of ether oxygens (including phenoxy) is 1. The molecule has 0 heterocycles. The van der Waals surface area contributed by atoms with Crippen LogP contribution in [0.15, 0.2) is 18.2 Å². The standard InChI is InChI=1S/C15H18F2N2O4/c1-3-23-15(22)8(2)6-12(13(18)20)19-14(21)10-5-4-9(16)7-11(10)17/h4-5,7-8,12H,3,6H2,1-2H3,(H2,18,20)(H,19,21)/t8-,12-/m1/s1. The van der Waals surface area contributed by atoms with E-state index >= 15 is 0 Å². The van der Waals surface area contributed by atoms with E-state index < -0.39 is 46.9 Å². The van der Waals surface area contributed by atoms with Gasteiger partial charge in [0.1, 0.15) is 17.7 Å². The predicted molar refractivity (Wildman–Crippen MR) is 77.2 cm³/mol. The van der Waals surface area contributed by atoms with Crippen molar-refractivity contribution in [2.45, 2.75) is 26.3 Å². The molecule has 2 amide bonds. The number of hydrogen-bond acceptors (Lipinski definition) is 4. The van der Waals surface area contributed by atoms with E-state index in [-0.39, 0.29) is 13.0 Å². The maximum atomic E-state index is 13.6. The summed E-state index contributed by atoms with van der Waals surface area (Å²) < 4.78 is 31.2. The van der Waals surface area contributed by atoms with Crippen molar-refractivity contribution < 1.29 is 27.9 Å². The van der Waals surface area contributed by atoms with Crippen molar-refractivity contribution in [3.8, 4) is 0 Å². The van der Waals surface area contributed by atoms with Crippen LogP contribution in [0.2, 0.25) is 0 Å². The summed E-state index contributed by atoms with van der Waals surface area (Å²) in [6.07, 6.45) is -0.0945. The normalized spacial score (nSPS) is 13.0. The smallest absolute Gasteiger partial charge is 0.308 e. The van der Waals surface area contributed by atoms with Gasteiger partial charge in [0.05, 0.1) is 18.1 Å². The molecule has 0 radical (unpaired) electrons. The van der Waals surface area contributed by atoms with Gasteiger partial charge >= 0.3 is 5.97 Å². The first kappa shape index (κ1) is 18.5. The van der Waals surface area contributed by atoms with E-state index in [4.69, 9.17) is 10.5 Å². The number of benzene rings is 1. The number of hydrogen-bond donors (Lipinski definition) is 2. The number of halogens is 2. The second-order valence-electron chi connectivity index (χ2n) is 4.94. The number of nitrogens with two attached hydrogens (primary N) is 1. The van der Waals surface area contributed by atoms with Gasteiger partial charge in [0.2, 0.25) is 5.91 Å². The van der Waals surface area contributed by atoms with E-state index in [1.807, 2.05) is 0 Å². The Kier molecular flexibility index (Phi) is 6.62. The van der Waals surface area contributed by atoms with Gasteiger partial charge in [-0.05, 0) is 25.5 Å². The van der Waals surface area contributed by atoms with Crippen LogP contribution < -0.4 is 11.1 Å². The summed E-state index contributed by atoms with van der Waals surface area (Å²) in [5.74, 6) is -4.93.